The Kier molecular flexibility index (Phi) is 4.13. The van der Waals surface area contributed by atoms with Crippen LogP contribution in [0.3, 0.4) is 0 Å². The number of nitrogens with one attached hydrogen (secondary N) is 1. The number of aromatic nitrogens is 1. The lowest BCUT2D eigenvalue weighted by molar-refractivity contribution is -0.384. The molecule has 7 heteroatoms. The molecule has 0 atom stereocenters. The summed E-state index contributed by atoms with van der Waals surface area (Å²) in [6, 6.07) is 6.36. The fourth-order valence-electron chi connectivity index (χ4n) is 1.86. The van der Waals surface area contributed by atoms with Gasteiger partial charge in [0.1, 0.15) is 5.75 Å². The molecule has 0 spiro atoms. The summed E-state index contributed by atoms with van der Waals surface area (Å²) in [5.41, 5.74) is 4.65. The molecule has 0 bridgehead atoms. The fourth-order valence-corrected chi connectivity index (χ4v) is 1.86. The molecule has 7 nitrogen and oxygen atoms in total. The lowest BCUT2D eigenvalue weighted by Crippen LogP contribution is -1.99. The van der Waals surface area contributed by atoms with Crippen LogP contribution in [0.5, 0.6) is 5.75 Å². The third-order valence-corrected chi connectivity index (χ3v) is 2.88. The van der Waals surface area contributed by atoms with Gasteiger partial charge in [0.2, 0.25) is 5.82 Å². The van der Waals surface area contributed by atoms with Crippen LogP contribution < -0.4 is 5.43 Å². The number of phenols is 1. The second-order valence-electron chi connectivity index (χ2n) is 4.50. The van der Waals surface area contributed by atoms with Crippen molar-refractivity contribution in [2.24, 2.45) is 5.10 Å². The Labute approximate surface area is 121 Å². The minimum absolute atomic E-state index is 0.0750. The molecule has 0 aliphatic carbocycles. The molecule has 2 rings (SSSR count). The minimum Gasteiger partial charge on any atom is -0.507 e. The molecule has 0 aliphatic rings. The summed E-state index contributed by atoms with van der Waals surface area (Å²) in [4.78, 5) is 14.2. The van der Waals surface area contributed by atoms with Crippen LogP contribution in [-0.2, 0) is 0 Å². The highest BCUT2D eigenvalue weighted by Crippen LogP contribution is 2.22. The van der Waals surface area contributed by atoms with Crippen molar-refractivity contribution in [3.63, 3.8) is 0 Å². The van der Waals surface area contributed by atoms with E-state index in [1.807, 2.05) is 0 Å². The van der Waals surface area contributed by atoms with Crippen LogP contribution in [0.1, 0.15) is 16.7 Å². The van der Waals surface area contributed by atoms with Gasteiger partial charge in [0.15, 0.2) is 0 Å². The molecule has 0 unspecified atom stereocenters. The van der Waals surface area contributed by atoms with Crippen LogP contribution in [0.2, 0.25) is 0 Å². The van der Waals surface area contributed by atoms with E-state index in [0.29, 0.717) is 0 Å². The van der Waals surface area contributed by atoms with Gasteiger partial charge in [0, 0.05) is 12.3 Å². The summed E-state index contributed by atoms with van der Waals surface area (Å²) in [5.74, 6) is 0.325. The normalized spacial score (nSPS) is 10.8. The second kappa shape index (κ2) is 6.00. The Bertz CT molecular complexity index is 690. The molecule has 0 fully saturated rings. The van der Waals surface area contributed by atoms with Crippen molar-refractivity contribution < 1.29 is 10.0 Å². The zero-order valence-electron chi connectivity index (χ0n) is 11.6. The number of benzene rings is 1. The average Bonchev–Trinajstić information content (AvgIpc) is 2.45. The van der Waals surface area contributed by atoms with E-state index in [-0.39, 0.29) is 17.3 Å². The molecule has 2 N–H and O–H groups in total. The molecule has 1 heterocycles. The Morgan fingerprint density at radius 3 is 2.67 bits per heavy atom. The number of nitro groups is 1. The highest BCUT2D eigenvalue weighted by Gasteiger charge is 2.12. The van der Waals surface area contributed by atoms with Gasteiger partial charge in [-0.2, -0.15) is 5.10 Å². The zero-order chi connectivity index (χ0) is 15.4. The molecule has 2 aromatic rings. The van der Waals surface area contributed by atoms with Crippen molar-refractivity contribution in [1.29, 1.82) is 0 Å². The van der Waals surface area contributed by atoms with Crippen molar-refractivity contribution in [2.45, 2.75) is 13.8 Å². The standard InChI is InChI=1S/C14H14N4O3/c1-9-6-11(7-10(2)13(9)19)8-16-17-14-12(18(20)21)4-3-5-15-14/h3-8,19H,1-2H3,(H,15,17). The number of hydrogen-bond donors (Lipinski definition) is 2. The van der Waals surface area contributed by atoms with E-state index in [0.717, 1.165) is 16.7 Å². The number of nitrogens with zero attached hydrogens (tertiary/aromatic N) is 3. The van der Waals surface area contributed by atoms with Crippen LogP contribution in [-0.4, -0.2) is 21.2 Å². The number of pyridine rings is 1. The van der Waals surface area contributed by atoms with E-state index in [4.69, 9.17) is 0 Å². The summed E-state index contributed by atoms with van der Waals surface area (Å²) in [7, 11) is 0. The SMILES string of the molecule is Cc1cc(C=NNc2ncccc2[N+](=O)[O-])cc(C)c1O. The highest BCUT2D eigenvalue weighted by molar-refractivity contribution is 5.81. The zero-order valence-corrected chi connectivity index (χ0v) is 11.6. The molecule has 21 heavy (non-hydrogen) atoms. The monoisotopic (exact) mass is 286 g/mol. The van der Waals surface area contributed by atoms with Crippen molar-refractivity contribution in [1.82, 2.24) is 4.98 Å². The van der Waals surface area contributed by atoms with Crippen molar-refractivity contribution in [3.05, 3.63) is 57.3 Å². The molecule has 0 aliphatic heterocycles. The number of rotatable bonds is 4. The first-order chi connectivity index (χ1) is 9.99. The van der Waals surface area contributed by atoms with E-state index in [2.05, 4.69) is 15.5 Å². The maximum Gasteiger partial charge on any atom is 0.313 e. The molecule has 0 amide bonds. The number of hydrogen-bond acceptors (Lipinski definition) is 6. The van der Waals surface area contributed by atoms with E-state index < -0.39 is 4.92 Å². The number of anilines is 1. The molecule has 1 aromatic carbocycles. The highest BCUT2D eigenvalue weighted by atomic mass is 16.6. The molecule has 0 saturated heterocycles. The van der Waals surface area contributed by atoms with E-state index in [1.54, 1.807) is 26.0 Å². The van der Waals surface area contributed by atoms with Gasteiger partial charge in [-0.15, -0.1) is 0 Å². The number of hydrazone groups is 1. The number of aryl methyl sites for hydroxylation is 2. The third-order valence-electron chi connectivity index (χ3n) is 2.88. The Balaban J connectivity index is 2.19. The first-order valence-corrected chi connectivity index (χ1v) is 6.17. The smallest absolute Gasteiger partial charge is 0.313 e. The predicted octanol–water partition coefficient (Wildman–Crippen LogP) is 2.76. The molecule has 0 radical (unpaired) electrons. The number of phenolic OH excluding ortho intramolecular Hbond substituents is 1. The summed E-state index contributed by atoms with van der Waals surface area (Å²) >= 11 is 0. The maximum atomic E-state index is 10.8. The predicted molar refractivity (Wildman–Crippen MR) is 79.7 cm³/mol. The third kappa shape index (κ3) is 3.33. The van der Waals surface area contributed by atoms with Gasteiger partial charge >= 0.3 is 5.69 Å². The van der Waals surface area contributed by atoms with Crippen molar-refractivity contribution >= 4 is 17.7 Å². The quantitative estimate of drug-likeness (QED) is 0.511. The Morgan fingerprint density at radius 1 is 1.38 bits per heavy atom. The van der Waals surface area contributed by atoms with Gasteiger partial charge in [0.25, 0.3) is 0 Å². The van der Waals surface area contributed by atoms with Crippen LogP contribution >= 0.6 is 0 Å². The first-order valence-electron chi connectivity index (χ1n) is 6.17. The van der Waals surface area contributed by atoms with Crippen LogP contribution in [0, 0.1) is 24.0 Å². The van der Waals surface area contributed by atoms with E-state index in [1.165, 1.54) is 24.5 Å². The van der Waals surface area contributed by atoms with Crippen molar-refractivity contribution in [3.8, 4) is 5.75 Å². The molecule has 108 valence electrons. The summed E-state index contributed by atoms with van der Waals surface area (Å²) in [6.45, 7) is 3.58. The summed E-state index contributed by atoms with van der Waals surface area (Å²) < 4.78 is 0. The summed E-state index contributed by atoms with van der Waals surface area (Å²) in [6.07, 6.45) is 2.96. The topological polar surface area (TPSA) is 101 Å². The Hall–Kier alpha value is -2.96. The van der Waals surface area contributed by atoms with Crippen LogP contribution in [0.4, 0.5) is 11.5 Å². The average molecular weight is 286 g/mol. The fraction of sp³-hybridized carbons (Fsp3) is 0.143. The molecule has 1 aromatic heterocycles. The second-order valence-corrected chi connectivity index (χ2v) is 4.50. The Morgan fingerprint density at radius 2 is 2.05 bits per heavy atom. The maximum absolute atomic E-state index is 10.8. The van der Waals surface area contributed by atoms with Gasteiger partial charge in [0.05, 0.1) is 11.1 Å². The lowest BCUT2D eigenvalue weighted by Gasteiger charge is -2.04. The van der Waals surface area contributed by atoms with Crippen LogP contribution in [0.15, 0.2) is 35.6 Å². The van der Waals surface area contributed by atoms with Gasteiger partial charge in [-0.3, -0.25) is 15.5 Å². The summed E-state index contributed by atoms with van der Waals surface area (Å²) in [5, 5.41) is 24.5. The minimum atomic E-state index is -0.528. The van der Waals surface area contributed by atoms with Crippen LogP contribution in [0.25, 0.3) is 0 Å². The van der Waals surface area contributed by atoms with Gasteiger partial charge in [-0.25, -0.2) is 4.98 Å². The largest absolute Gasteiger partial charge is 0.507 e. The first kappa shape index (κ1) is 14.4. The van der Waals surface area contributed by atoms with Gasteiger partial charge in [-0.05, 0) is 48.7 Å². The van der Waals surface area contributed by atoms with Gasteiger partial charge in [-0.1, -0.05) is 0 Å². The van der Waals surface area contributed by atoms with Crippen molar-refractivity contribution in [2.75, 3.05) is 5.43 Å². The molecular weight excluding hydrogens is 272 g/mol. The van der Waals surface area contributed by atoms with Gasteiger partial charge < -0.3 is 5.11 Å². The molecular formula is C14H14N4O3. The van der Waals surface area contributed by atoms with E-state index in [9.17, 15) is 15.2 Å². The lowest BCUT2D eigenvalue weighted by atomic mass is 10.1. The van der Waals surface area contributed by atoms with E-state index >= 15 is 0 Å². The number of aromatic hydroxyl groups is 1. The molecule has 0 saturated carbocycles.